The van der Waals surface area contributed by atoms with Gasteiger partial charge in [-0.25, -0.2) is 4.79 Å². The van der Waals surface area contributed by atoms with Gasteiger partial charge in [0.2, 0.25) is 5.78 Å². The fourth-order valence-electron chi connectivity index (χ4n) is 2.78. The number of amides is 1. The first kappa shape index (κ1) is 19.9. The molecule has 0 saturated heterocycles. The van der Waals surface area contributed by atoms with E-state index in [9.17, 15) is 9.59 Å². The number of rotatable bonds is 7. The van der Waals surface area contributed by atoms with Crippen LogP contribution in [0.1, 0.15) is 22.0 Å². The maximum atomic E-state index is 13.3. The summed E-state index contributed by atoms with van der Waals surface area (Å²) in [6.45, 7) is 0. The third-order valence-electron chi connectivity index (χ3n) is 4.22. The van der Waals surface area contributed by atoms with Crippen LogP contribution < -0.4 is 14.8 Å². The zero-order valence-corrected chi connectivity index (χ0v) is 16.1. The number of ether oxygens (including phenoxy) is 3. The van der Waals surface area contributed by atoms with Crippen molar-refractivity contribution < 1.29 is 23.8 Å². The highest BCUT2D eigenvalue weighted by Gasteiger charge is 2.27. The van der Waals surface area contributed by atoms with Crippen LogP contribution in [0.4, 0.5) is 10.5 Å². The molecule has 0 radical (unpaired) electrons. The van der Waals surface area contributed by atoms with Crippen LogP contribution in [-0.4, -0.2) is 26.1 Å². The van der Waals surface area contributed by atoms with Gasteiger partial charge in [0.1, 0.15) is 11.5 Å². The third-order valence-corrected chi connectivity index (χ3v) is 4.22. The number of anilines is 1. The van der Waals surface area contributed by atoms with Crippen molar-refractivity contribution in [1.29, 1.82) is 0 Å². The number of hydrogen-bond acceptors (Lipinski definition) is 5. The number of benzene rings is 3. The van der Waals surface area contributed by atoms with E-state index in [1.54, 1.807) is 66.7 Å². The highest BCUT2D eigenvalue weighted by molar-refractivity contribution is 6.02. The second-order valence-corrected chi connectivity index (χ2v) is 6.15. The Morgan fingerprint density at radius 3 is 1.90 bits per heavy atom. The number of carbonyl (C=O) groups excluding carboxylic acids is 2. The lowest BCUT2D eigenvalue weighted by atomic mass is 9.99. The average Bonchev–Trinajstić information content (AvgIpc) is 2.77. The van der Waals surface area contributed by atoms with Crippen molar-refractivity contribution in [2.45, 2.75) is 6.10 Å². The SMILES string of the molecule is COc1cc(OC)cc(C(=O)C(OC(=O)Nc2ccccc2)c2ccccc2)c1. The number of carbonyl (C=O) groups is 2. The monoisotopic (exact) mass is 391 g/mol. The lowest BCUT2D eigenvalue weighted by Gasteiger charge is -2.18. The smallest absolute Gasteiger partial charge is 0.412 e. The van der Waals surface area contributed by atoms with E-state index in [0.29, 0.717) is 28.3 Å². The van der Waals surface area contributed by atoms with Crippen molar-refractivity contribution in [1.82, 2.24) is 0 Å². The first-order valence-electron chi connectivity index (χ1n) is 8.95. The zero-order valence-electron chi connectivity index (χ0n) is 16.1. The molecule has 1 atom stereocenters. The van der Waals surface area contributed by atoms with Gasteiger partial charge in [0, 0.05) is 22.9 Å². The molecule has 148 valence electrons. The Hall–Kier alpha value is -3.80. The number of Topliss-reactive ketones (excluding diaryl/α,β-unsaturated/α-hetero) is 1. The Balaban J connectivity index is 1.90. The molecule has 1 N–H and O–H groups in total. The molecule has 1 unspecified atom stereocenters. The highest BCUT2D eigenvalue weighted by Crippen LogP contribution is 2.28. The van der Waals surface area contributed by atoms with Gasteiger partial charge in [-0.15, -0.1) is 0 Å². The van der Waals surface area contributed by atoms with E-state index >= 15 is 0 Å². The lowest BCUT2D eigenvalue weighted by molar-refractivity contribution is 0.0665. The molecule has 3 rings (SSSR count). The Bertz CT molecular complexity index is 951. The number of methoxy groups -OCH3 is 2. The largest absolute Gasteiger partial charge is 0.497 e. The van der Waals surface area contributed by atoms with Crippen LogP contribution in [-0.2, 0) is 4.74 Å². The molecule has 0 aromatic heterocycles. The van der Waals surface area contributed by atoms with E-state index < -0.39 is 18.0 Å². The Labute approximate surface area is 169 Å². The van der Waals surface area contributed by atoms with Crippen LogP contribution in [0.3, 0.4) is 0 Å². The highest BCUT2D eigenvalue weighted by atomic mass is 16.6. The van der Waals surface area contributed by atoms with Gasteiger partial charge >= 0.3 is 6.09 Å². The summed E-state index contributed by atoms with van der Waals surface area (Å²) in [6, 6.07) is 22.5. The maximum Gasteiger partial charge on any atom is 0.412 e. The van der Waals surface area contributed by atoms with E-state index in [1.807, 2.05) is 12.1 Å². The van der Waals surface area contributed by atoms with E-state index in [-0.39, 0.29) is 0 Å². The van der Waals surface area contributed by atoms with Crippen LogP contribution in [0.25, 0.3) is 0 Å². The summed E-state index contributed by atoms with van der Waals surface area (Å²) in [7, 11) is 3.00. The number of ketones is 1. The molecule has 0 aliphatic heterocycles. The van der Waals surface area contributed by atoms with Crippen LogP contribution in [0, 0.1) is 0 Å². The second kappa shape index (κ2) is 9.41. The van der Waals surface area contributed by atoms with Crippen LogP contribution in [0.5, 0.6) is 11.5 Å². The molecule has 0 aliphatic carbocycles. The minimum atomic E-state index is -1.13. The molecule has 3 aromatic carbocycles. The van der Waals surface area contributed by atoms with Crippen molar-refractivity contribution in [3.8, 4) is 11.5 Å². The summed E-state index contributed by atoms with van der Waals surface area (Å²) < 4.78 is 16.0. The van der Waals surface area contributed by atoms with E-state index in [0.717, 1.165) is 0 Å². The summed E-state index contributed by atoms with van der Waals surface area (Å²) in [4.78, 5) is 25.7. The van der Waals surface area contributed by atoms with Gasteiger partial charge in [0.05, 0.1) is 14.2 Å². The molecule has 6 nitrogen and oxygen atoms in total. The summed E-state index contributed by atoms with van der Waals surface area (Å²) in [6.07, 6.45) is -1.86. The average molecular weight is 391 g/mol. The van der Waals surface area contributed by atoms with Crippen LogP contribution in [0.2, 0.25) is 0 Å². The molecular weight excluding hydrogens is 370 g/mol. The molecule has 0 spiro atoms. The van der Waals surface area contributed by atoms with Crippen molar-refractivity contribution in [3.63, 3.8) is 0 Å². The van der Waals surface area contributed by atoms with Crippen molar-refractivity contribution in [3.05, 3.63) is 90.0 Å². The molecule has 29 heavy (non-hydrogen) atoms. The summed E-state index contributed by atoms with van der Waals surface area (Å²) >= 11 is 0. The fraction of sp³-hybridized carbons (Fsp3) is 0.130. The van der Waals surface area contributed by atoms with Gasteiger partial charge in [-0.2, -0.15) is 0 Å². The van der Waals surface area contributed by atoms with Crippen LogP contribution in [0.15, 0.2) is 78.9 Å². The number of nitrogens with one attached hydrogen (secondary N) is 1. The molecule has 0 saturated carbocycles. The van der Waals surface area contributed by atoms with Gasteiger partial charge in [-0.3, -0.25) is 10.1 Å². The number of hydrogen-bond donors (Lipinski definition) is 1. The fourth-order valence-corrected chi connectivity index (χ4v) is 2.78. The molecule has 0 aliphatic rings. The van der Waals surface area contributed by atoms with Gasteiger partial charge < -0.3 is 14.2 Å². The lowest BCUT2D eigenvalue weighted by Crippen LogP contribution is -2.23. The van der Waals surface area contributed by atoms with Crippen molar-refractivity contribution in [2.75, 3.05) is 19.5 Å². The molecular formula is C23H21NO5. The first-order valence-corrected chi connectivity index (χ1v) is 8.95. The predicted molar refractivity (Wildman–Crippen MR) is 110 cm³/mol. The predicted octanol–water partition coefficient (Wildman–Crippen LogP) is 4.88. The number of para-hydroxylation sites is 1. The maximum absolute atomic E-state index is 13.3. The molecule has 0 fully saturated rings. The minimum absolute atomic E-state index is 0.308. The van der Waals surface area contributed by atoms with Crippen molar-refractivity contribution in [2.24, 2.45) is 0 Å². The van der Waals surface area contributed by atoms with Crippen LogP contribution >= 0.6 is 0 Å². The van der Waals surface area contributed by atoms with Gasteiger partial charge in [0.15, 0.2) is 6.10 Å². The summed E-state index contributed by atoms with van der Waals surface area (Å²) in [5.74, 6) is 0.540. The quantitative estimate of drug-likeness (QED) is 0.581. The van der Waals surface area contributed by atoms with Gasteiger partial charge in [-0.1, -0.05) is 48.5 Å². The summed E-state index contributed by atoms with van der Waals surface area (Å²) in [5.41, 5.74) is 1.44. The topological polar surface area (TPSA) is 73.9 Å². The van der Waals surface area contributed by atoms with Gasteiger partial charge in [0.25, 0.3) is 0 Å². The molecule has 3 aromatic rings. The van der Waals surface area contributed by atoms with Crippen molar-refractivity contribution >= 4 is 17.6 Å². The molecule has 6 heteroatoms. The van der Waals surface area contributed by atoms with E-state index in [4.69, 9.17) is 14.2 Å². The zero-order chi connectivity index (χ0) is 20.6. The van der Waals surface area contributed by atoms with Gasteiger partial charge in [-0.05, 0) is 24.3 Å². The summed E-state index contributed by atoms with van der Waals surface area (Å²) in [5, 5.41) is 2.63. The Kier molecular flexibility index (Phi) is 6.47. The van der Waals surface area contributed by atoms with E-state index in [1.165, 1.54) is 14.2 Å². The molecule has 1 amide bonds. The Morgan fingerprint density at radius 1 is 0.793 bits per heavy atom. The Morgan fingerprint density at radius 2 is 1.34 bits per heavy atom. The molecule has 0 bridgehead atoms. The first-order chi connectivity index (χ1) is 14.1. The van der Waals surface area contributed by atoms with E-state index in [2.05, 4.69) is 5.32 Å². The third kappa shape index (κ3) is 5.13. The standard InChI is InChI=1S/C23H21NO5/c1-27-19-13-17(14-20(15-19)28-2)21(25)22(16-9-5-3-6-10-16)29-23(26)24-18-11-7-4-8-12-18/h3-15,22H,1-2H3,(H,24,26). The molecule has 0 heterocycles. The second-order valence-electron chi connectivity index (χ2n) is 6.15. The normalized spacial score (nSPS) is 11.2. The minimum Gasteiger partial charge on any atom is -0.497 e.